The second kappa shape index (κ2) is 6.79. The molecular formula is C14H19NO3. The van der Waals surface area contributed by atoms with E-state index in [0.29, 0.717) is 12.8 Å². The predicted octanol–water partition coefficient (Wildman–Crippen LogP) is 2.76. The van der Waals surface area contributed by atoms with Crippen molar-refractivity contribution in [2.75, 3.05) is 5.32 Å². The van der Waals surface area contributed by atoms with Crippen LogP contribution in [0.2, 0.25) is 0 Å². The number of hydrogen-bond donors (Lipinski definition) is 2. The first-order chi connectivity index (χ1) is 8.54. The van der Waals surface area contributed by atoms with Crippen molar-refractivity contribution in [3.8, 4) is 0 Å². The molecule has 0 saturated carbocycles. The molecule has 2 unspecified atom stereocenters. The number of amides is 1. The smallest absolute Gasteiger partial charge is 0.306 e. The van der Waals surface area contributed by atoms with E-state index in [1.165, 1.54) is 0 Å². The molecule has 0 aliphatic heterocycles. The fourth-order valence-corrected chi connectivity index (χ4v) is 1.76. The molecule has 1 rings (SSSR count). The van der Waals surface area contributed by atoms with Crippen molar-refractivity contribution >= 4 is 17.6 Å². The van der Waals surface area contributed by atoms with Crippen LogP contribution in [-0.2, 0) is 9.59 Å². The van der Waals surface area contributed by atoms with E-state index < -0.39 is 11.9 Å². The number of carboxylic acids is 1. The first-order valence-electron chi connectivity index (χ1n) is 6.13. The maximum absolute atomic E-state index is 11.9. The van der Waals surface area contributed by atoms with Crippen LogP contribution < -0.4 is 5.32 Å². The quantitative estimate of drug-likeness (QED) is 0.814. The van der Waals surface area contributed by atoms with Gasteiger partial charge in [0.15, 0.2) is 0 Å². The van der Waals surface area contributed by atoms with Gasteiger partial charge in [-0.2, -0.15) is 0 Å². The molecule has 2 N–H and O–H groups in total. The first-order valence-corrected chi connectivity index (χ1v) is 6.13. The van der Waals surface area contributed by atoms with Gasteiger partial charge in [-0.1, -0.05) is 32.0 Å². The van der Waals surface area contributed by atoms with Crippen LogP contribution in [0.1, 0.15) is 26.7 Å². The molecular weight excluding hydrogens is 230 g/mol. The Morgan fingerprint density at radius 1 is 1.28 bits per heavy atom. The number of carbonyl (C=O) groups is 2. The van der Waals surface area contributed by atoms with Gasteiger partial charge < -0.3 is 10.4 Å². The average molecular weight is 249 g/mol. The third-order valence-electron chi connectivity index (χ3n) is 2.97. The van der Waals surface area contributed by atoms with E-state index in [2.05, 4.69) is 5.32 Å². The van der Waals surface area contributed by atoms with Gasteiger partial charge in [-0.25, -0.2) is 0 Å². The van der Waals surface area contributed by atoms with Crippen molar-refractivity contribution in [3.05, 3.63) is 30.3 Å². The van der Waals surface area contributed by atoms with Crippen molar-refractivity contribution < 1.29 is 14.7 Å². The van der Waals surface area contributed by atoms with Gasteiger partial charge in [0.25, 0.3) is 0 Å². The summed E-state index contributed by atoms with van der Waals surface area (Å²) in [6.45, 7) is 3.57. The molecule has 1 aromatic rings. The van der Waals surface area contributed by atoms with Crippen LogP contribution in [-0.4, -0.2) is 17.0 Å². The van der Waals surface area contributed by atoms with Crippen LogP contribution in [0.3, 0.4) is 0 Å². The van der Waals surface area contributed by atoms with E-state index in [4.69, 9.17) is 5.11 Å². The SMILES string of the molecule is CCC(CC(C)C(=O)Nc1ccccc1)C(=O)O. The molecule has 0 aromatic heterocycles. The maximum atomic E-state index is 11.9. The van der Waals surface area contributed by atoms with Gasteiger partial charge in [0.1, 0.15) is 0 Å². The van der Waals surface area contributed by atoms with Crippen molar-refractivity contribution in [1.82, 2.24) is 0 Å². The van der Waals surface area contributed by atoms with Gasteiger partial charge in [-0.3, -0.25) is 9.59 Å². The highest BCUT2D eigenvalue weighted by Gasteiger charge is 2.22. The van der Waals surface area contributed by atoms with Gasteiger partial charge in [0.2, 0.25) is 5.91 Å². The van der Waals surface area contributed by atoms with Crippen molar-refractivity contribution in [3.63, 3.8) is 0 Å². The predicted molar refractivity (Wildman–Crippen MR) is 70.3 cm³/mol. The van der Waals surface area contributed by atoms with E-state index in [1.807, 2.05) is 25.1 Å². The summed E-state index contributed by atoms with van der Waals surface area (Å²) in [5.74, 6) is -1.74. The topological polar surface area (TPSA) is 66.4 Å². The highest BCUT2D eigenvalue weighted by atomic mass is 16.4. The standard InChI is InChI=1S/C14H19NO3/c1-3-11(14(17)18)9-10(2)13(16)15-12-7-5-4-6-8-12/h4-8,10-11H,3,9H2,1-2H3,(H,15,16)(H,17,18). The molecule has 0 aliphatic rings. The molecule has 4 nitrogen and oxygen atoms in total. The lowest BCUT2D eigenvalue weighted by Gasteiger charge is -2.16. The Hall–Kier alpha value is -1.84. The summed E-state index contributed by atoms with van der Waals surface area (Å²) in [4.78, 5) is 22.8. The number of benzene rings is 1. The second-order valence-electron chi connectivity index (χ2n) is 4.44. The van der Waals surface area contributed by atoms with Gasteiger partial charge in [0.05, 0.1) is 5.92 Å². The summed E-state index contributed by atoms with van der Waals surface area (Å²) in [7, 11) is 0. The van der Waals surface area contributed by atoms with E-state index in [0.717, 1.165) is 5.69 Å². The summed E-state index contributed by atoms with van der Waals surface area (Å²) in [5.41, 5.74) is 0.734. The Kier molecular flexibility index (Phi) is 5.36. The van der Waals surface area contributed by atoms with E-state index in [9.17, 15) is 9.59 Å². The summed E-state index contributed by atoms with van der Waals surface area (Å²) < 4.78 is 0. The molecule has 18 heavy (non-hydrogen) atoms. The third kappa shape index (κ3) is 4.20. The summed E-state index contributed by atoms with van der Waals surface area (Å²) in [5, 5.41) is 11.7. The van der Waals surface area contributed by atoms with E-state index in [-0.39, 0.29) is 11.8 Å². The summed E-state index contributed by atoms with van der Waals surface area (Å²) in [6, 6.07) is 9.16. The zero-order valence-electron chi connectivity index (χ0n) is 10.7. The Balaban J connectivity index is 2.54. The minimum Gasteiger partial charge on any atom is -0.481 e. The van der Waals surface area contributed by atoms with Crippen molar-refractivity contribution in [2.24, 2.45) is 11.8 Å². The Labute approximate surface area is 107 Å². The first kappa shape index (κ1) is 14.2. The molecule has 2 atom stereocenters. The fraction of sp³-hybridized carbons (Fsp3) is 0.429. The second-order valence-corrected chi connectivity index (χ2v) is 4.44. The Morgan fingerprint density at radius 3 is 2.39 bits per heavy atom. The zero-order chi connectivity index (χ0) is 13.5. The number of hydrogen-bond acceptors (Lipinski definition) is 2. The molecule has 0 spiro atoms. The third-order valence-corrected chi connectivity index (χ3v) is 2.97. The van der Waals surface area contributed by atoms with Crippen LogP contribution in [0.5, 0.6) is 0 Å². The Bertz CT molecular complexity index is 403. The number of carboxylic acid groups (broad SMARTS) is 1. The van der Waals surface area contributed by atoms with Gasteiger partial charge >= 0.3 is 5.97 Å². The minimum absolute atomic E-state index is 0.138. The molecule has 1 aromatic carbocycles. The molecule has 0 saturated heterocycles. The minimum atomic E-state index is -0.836. The monoisotopic (exact) mass is 249 g/mol. The molecule has 0 radical (unpaired) electrons. The van der Waals surface area contributed by atoms with Crippen molar-refractivity contribution in [1.29, 1.82) is 0 Å². The normalized spacial score (nSPS) is 13.7. The number of para-hydroxylation sites is 1. The number of anilines is 1. The van der Waals surface area contributed by atoms with Gasteiger partial charge in [-0.15, -0.1) is 0 Å². The van der Waals surface area contributed by atoms with Gasteiger partial charge in [-0.05, 0) is 25.0 Å². The Morgan fingerprint density at radius 2 is 1.89 bits per heavy atom. The summed E-state index contributed by atoms with van der Waals surface area (Å²) in [6.07, 6.45) is 0.906. The highest BCUT2D eigenvalue weighted by Crippen LogP contribution is 2.17. The summed E-state index contributed by atoms with van der Waals surface area (Å²) >= 11 is 0. The van der Waals surface area contributed by atoms with Crippen molar-refractivity contribution in [2.45, 2.75) is 26.7 Å². The molecule has 0 bridgehead atoms. The fourth-order valence-electron chi connectivity index (χ4n) is 1.76. The number of aliphatic carboxylic acids is 1. The van der Waals surface area contributed by atoms with Crippen LogP contribution >= 0.6 is 0 Å². The molecule has 98 valence electrons. The zero-order valence-corrected chi connectivity index (χ0v) is 10.7. The lowest BCUT2D eigenvalue weighted by atomic mass is 9.93. The van der Waals surface area contributed by atoms with Gasteiger partial charge in [0, 0.05) is 11.6 Å². The van der Waals surface area contributed by atoms with Crippen LogP contribution in [0, 0.1) is 11.8 Å². The molecule has 1 amide bonds. The lowest BCUT2D eigenvalue weighted by Crippen LogP contribution is -2.25. The highest BCUT2D eigenvalue weighted by molar-refractivity contribution is 5.92. The molecule has 0 fully saturated rings. The number of carbonyl (C=O) groups excluding carboxylic acids is 1. The molecule has 0 heterocycles. The van der Waals surface area contributed by atoms with Crippen LogP contribution in [0.25, 0.3) is 0 Å². The largest absolute Gasteiger partial charge is 0.481 e. The number of rotatable bonds is 6. The molecule has 4 heteroatoms. The van der Waals surface area contributed by atoms with E-state index in [1.54, 1.807) is 19.1 Å². The lowest BCUT2D eigenvalue weighted by molar-refractivity contribution is -0.142. The number of nitrogens with one attached hydrogen (secondary N) is 1. The van der Waals surface area contributed by atoms with Crippen LogP contribution in [0.15, 0.2) is 30.3 Å². The maximum Gasteiger partial charge on any atom is 0.306 e. The average Bonchev–Trinajstić information content (AvgIpc) is 2.36. The van der Waals surface area contributed by atoms with E-state index >= 15 is 0 Å². The van der Waals surface area contributed by atoms with Crippen LogP contribution in [0.4, 0.5) is 5.69 Å². The molecule has 0 aliphatic carbocycles.